The molecule has 1 fully saturated rings. The fourth-order valence-electron chi connectivity index (χ4n) is 7.42. The summed E-state index contributed by atoms with van der Waals surface area (Å²) in [4.78, 5) is 13.0. The second-order valence-corrected chi connectivity index (χ2v) is 17.2. The van der Waals surface area contributed by atoms with Crippen LogP contribution in [-0.4, -0.2) is 87.5 Å². The number of nitrogens with one attached hydrogen (secondary N) is 1. The third-order valence-electron chi connectivity index (χ3n) is 11.4. The first-order chi connectivity index (χ1) is 30.8. The van der Waals surface area contributed by atoms with E-state index in [1.54, 1.807) is 6.08 Å². The summed E-state index contributed by atoms with van der Waals surface area (Å²) in [7, 11) is 0. The molecule has 9 nitrogen and oxygen atoms in total. The van der Waals surface area contributed by atoms with E-state index in [4.69, 9.17) is 9.47 Å². The summed E-state index contributed by atoms with van der Waals surface area (Å²) >= 11 is 0. The zero-order valence-corrected chi connectivity index (χ0v) is 39.8. The molecule has 63 heavy (non-hydrogen) atoms. The minimum atomic E-state index is -1.58. The van der Waals surface area contributed by atoms with Gasteiger partial charge in [-0.15, -0.1) is 0 Å². The van der Waals surface area contributed by atoms with Crippen LogP contribution in [0.5, 0.6) is 0 Å². The Morgan fingerprint density at radius 3 is 1.51 bits per heavy atom. The largest absolute Gasteiger partial charge is 0.394 e. The molecule has 0 bridgehead atoms. The summed E-state index contributed by atoms with van der Waals surface area (Å²) in [6.07, 6.45) is 53.7. The van der Waals surface area contributed by atoms with Crippen molar-refractivity contribution >= 4 is 5.91 Å². The molecule has 6 N–H and O–H groups in total. The number of hydrogen-bond acceptors (Lipinski definition) is 8. The normalized spacial score (nSPS) is 20.9. The Kier molecular flexibility index (Phi) is 40.1. The number of rotatable bonds is 41. The van der Waals surface area contributed by atoms with E-state index in [0.717, 1.165) is 83.5 Å². The number of ether oxygens (including phenoxy) is 2. The van der Waals surface area contributed by atoms with Crippen LogP contribution in [-0.2, 0) is 14.3 Å². The summed E-state index contributed by atoms with van der Waals surface area (Å²) in [5.74, 6) is -0.196. The molecule has 0 aromatic heterocycles. The summed E-state index contributed by atoms with van der Waals surface area (Å²) < 4.78 is 11.2. The maximum atomic E-state index is 13.0. The van der Waals surface area contributed by atoms with Crippen molar-refractivity contribution in [3.63, 3.8) is 0 Å². The molecule has 1 heterocycles. The molecule has 0 radical (unpaired) electrons. The van der Waals surface area contributed by atoms with Crippen LogP contribution in [0.15, 0.2) is 85.1 Å². The van der Waals surface area contributed by atoms with E-state index in [-0.39, 0.29) is 12.5 Å². The summed E-state index contributed by atoms with van der Waals surface area (Å²) in [5.41, 5.74) is 0. The third-order valence-corrected chi connectivity index (χ3v) is 11.4. The molecule has 0 aromatic rings. The van der Waals surface area contributed by atoms with Crippen LogP contribution in [0.25, 0.3) is 0 Å². The Bertz CT molecular complexity index is 1260. The predicted molar refractivity (Wildman–Crippen MR) is 262 cm³/mol. The Balaban J connectivity index is 2.19. The smallest absolute Gasteiger partial charge is 0.220 e. The number of aliphatic hydroxyl groups excluding tert-OH is 5. The van der Waals surface area contributed by atoms with Gasteiger partial charge in [0.1, 0.15) is 24.4 Å². The van der Waals surface area contributed by atoms with E-state index >= 15 is 0 Å². The van der Waals surface area contributed by atoms with Crippen LogP contribution in [0.1, 0.15) is 194 Å². The molecular formula is C54H93NO8. The highest BCUT2D eigenvalue weighted by molar-refractivity contribution is 5.76. The Labute approximate surface area is 384 Å². The summed E-state index contributed by atoms with van der Waals surface area (Å²) in [5, 5.41) is 54.1. The average Bonchev–Trinajstić information content (AvgIpc) is 3.28. The number of unbranched alkanes of at least 4 members (excludes halogenated alkanes) is 19. The topological polar surface area (TPSA) is 149 Å². The first-order valence-corrected chi connectivity index (χ1v) is 25.3. The van der Waals surface area contributed by atoms with Gasteiger partial charge in [0.15, 0.2) is 6.29 Å². The van der Waals surface area contributed by atoms with Crippen LogP contribution in [0.4, 0.5) is 0 Å². The van der Waals surface area contributed by atoms with E-state index in [0.29, 0.717) is 6.42 Å². The lowest BCUT2D eigenvalue weighted by Crippen LogP contribution is -2.60. The van der Waals surface area contributed by atoms with Crippen molar-refractivity contribution in [2.75, 3.05) is 13.2 Å². The SMILES string of the molecule is CC/C=C\C/C=C\C/C=C\C/C=C\CCCCCCCCCCCCCCCCCCC(=O)NC(COC1OC(CO)C(O)C(O)C1O)C(O)/C=C/CC/C=C/CC/C=C/CCC. The zero-order valence-electron chi connectivity index (χ0n) is 39.8. The predicted octanol–water partition coefficient (Wildman–Crippen LogP) is 11.5. The lowest BCUT2D eigenvalue weighted by atomic mass is 9.99. The second kappa shape index (κ2) is 43.3. The first-order valence-electron chi connectivity index (χ1n) is 25.3. The van der Waals surface area contributed by atoms with E-state index in [2.05, 4.69) is 92.1 Å². The van der Waals surface area contributed by atoms with Gasteiger partial charge in [-0.3, -0.25) is 4.79 Å². The number of carbonyl (C=O) groups is 1. The van der Waals surface area contributed by atoms with Crippen molar-refractivity contribution < 1.29 is 39.8 Å². The molecule has 362 valence electrons. The first kappa shape index (κ1) is 58.4. The minimum absolute atomic E-state index is 0.196. The lowest BCUT2D eigenvalue weighted by Gasteiger charge is -2.40. The van der Waals surface area contributed by atoms with Crippen molar-refractivity contribution in [2.24, 2.45) is 0 Å². The summed E-state index contributed by atoms with van der Waals surface area (Å²) in [6.45, 7) is 3.55. The number of carbonyl (C=O) groups excluding carboxylic acids is 1. The standard InChI is InChI=1S/C54H93NO8/c1-3-5-7-9-11-13-15-16-17-18-19-20-21-22-23-24-25-26-27-28-29-30-31-32-34-36-38-40-42-44-50(58)55-47(46-62-54-53(61)52(60)51(59)49(45-56)63-54)48(57)43-41-39-37-35-33-14-12-10-8-6-4-2/h5,7-8,10-11,13,16-17,19-20,33,35,41,43,47-49,51-54,56-57,59-61H,3-4,6,9,12,14-15,18,21-32,34,36-40,42,44-46H2,1-2H3,(H,55,58)/b7-5-,10-8+,13-11-,17-16-,20-19-,35-33+,43-41+. The monoisotopic (exact) mass is 884 g/mol. The van der Waals surface area contributed by atoms with Gasteiger partial charge in [-0.1, -0.05) is 195 Å². The van der Waals surface area contributed by atoms with Crippen LogP contribution in [0.3, 0.4) is 0 Å². The van der Waals surface area contributed by atoms with Crippen molar-refractivity contribution in [3.05, 3.63) is 85.1 Å². The third kappa shape index (κ3) is 33.5. The number of allylic oxidation sites excluding steroid dienone is 13. The molecule has 1 aliphatic heterocycles. The van der Waals surface area contributed by atoms with E-state index in [1.165, 1.54) is 89.9 Å². The molecule has 7 unspecified atom stereocenters. The second-order valence-electron chi connectivity index (χ2n) is 17.2. The van der Waals surface area contributed by atoms with Crippen LogP contribution >= 0.6 is 0 Å². The van der Waals surface area contributed by atoms with Crippen molar-refractivity contribution in [1.82, 2.24) is 5.32 Å². The van der Waals surface area contributed by atoms with Crippen molar-refractivity contribution in [3.8, 4) is 0 Å². The molecule has 1 aliphatic rings. The molecule has 0 aromatic carbocycles. The van der Waals surface area contributed by atoms with Gasteiger partial charge in [-0.25, -0.2) is 0 Å². The fourth-order valence-corrected chi connectivity index (χ4v) is 7.42. The molecule has 1 amide bonds. The van der Waals surface area contributed by atoms with Crippen LogP contribution < -0.4 is 5.32 Å². The van der Waals surface area contributed by atoms with Crippen molar-refractivity contribution in [2.45, 2.75) is 236 Å². The Morgan fingerprint density at radius 1 is 0.556 bits per heavy atom. The number of amides is 1. The zero-order chi connectivity index (χ0) is 45.9. The quantitative estimate of drug-likeness (QED) is 0.0263. The van der Waals surface area contributed by atoms with Gasteiger partial charge in [0.25, 0.3) is 0 Å². The van der Waals surface area contributed by atoms with Crippen molar-refractivity contribution in [1.29, 1.82) is 0 Å². The van der Waals surface area contributed by atoms with E-state index < -0.39 is 49.5 Å². The average molecular weight is 884 g/mol. The van der Waals surface area contributed by atoms with E-state index in [9.17, 15) is 30.3 Å². The van der Waals surface area contributed by atoms with Gasteiger partial charge in [0.2, 0.25) is 5.91 Å². The molecule has 0 spiro atoms. The molecule has 7 atom stereocenters. The fraction of sp³-hybridized carbons (Fsp3) is 0.722. The van der Waals surface area contributed by atoms with Gasteiger partial charge in [-0.2, -0.15) is 0 Å². The summed E-state index contributed by atoms with van der Waals surface area (Å²) in [6, 6.07) is -0.830. The molecule has 9 heteroatoms. The van der Waals surface area contributed by atoms with Gasteiger partial charge in [0, 0.05) is 6.42 Å². The minimum Gasteiger partial charge on any atom is -0.394 e. The highest BCUT2D eigenvalue weighted by Crippen LogP contribution is 2.22. The van der Waals surface area contributed by atoms with Gasteiger partial charge in [-0.05, 0) is 77.0 Å². The molecular weight excluding hydrogens is 791 g/mol. The Hall–Kier alpha value is -2.63. The number of hydrogen-bond donors (Lipinski definition) is 6. The number of aliphatic hydroxyl groups is 5. The van der Waals surface area contributed by atoms with E-state index in [1.807, 2.05) is 6.08 Å². The maximum Gasteiger partial charge on any atom is 0.220 e. The van der Waals surface area contributed by atoms with Gasteiger partial charge >= 0.3 is 0 Å². The van der Waals surface area contributed by atoms with Gasteiger partial charge in [0.05, 0.1) is 25.4 Å². The molecule has 0 aliphatic carbocycles. The molecule has 1 rings (SSSR count). The van der Waals surface area contributed by atoms with Crippen LogP contribution in [0.2, 0.25) is 0 Å². The highest BCUT2D eigenvalue weighted by atomic mass is 16.7. The lowest BCUT2D eigenvalue weighted by molar-refractivity contribution is -0.302. The highest BCUT2D eigenvalue weighted by Gasteiger charge is 2.44. The van der Waals surface area contributed by atoms with Gasteiger partial charge < -0.3 is 40.3 Å². The molecule has 1 saturated heterocycles. The Morgan fingerprint density at radius 2 is 1.00 bits per heavy atom. The molecule has 0 saturated carbocycles. The van der Waals surface area contributed by atoms with Crippen LogP contribution in [0, 0.1) is 0 Å². The maximum absolute atomic E-state index is 13.0.